The molecule has 2 aromatic rings. The van der Waals surface area contributed by atoms with Crippen LogP contribution in [0.4, 0.5) is 5.69 Å². The minimum absolute atomic E-state index is 0.136. The van der Waals surface area contributed by atoms with Crippen LogP contribution in [0.25, 0.3) is 6.08 Å². The number of methoxy groups -OCH3 is 1. The van der Waals surface area contributed by atoms with Crippen LogP contribution >= 0.6 is 11.6 Å². The number of hydrogen-bond acceptors (Lipinski definition) is 3. The number of ether oxygens (including phenoxy) is 2. The minimum atomic E-state index is -0.284. The summed E-state index contributed by atoms with van der Waals surface area (Å²) >= 11 is 6.21. The third kappa shape index (κ3) is 5.00. The Hall–Kier alpha value is -2.46. The van der Waals surface area contributed by atoms with Crippen molar-refractivity contribution in [3.8, 4) is 11.5 Å². The lowest BCUT2D eigenvalue weighted by Gasteiger charge is -2.13. The Morgan fingerprint density at radius 3 is 2.60 bits per heavy atom. The fourth-order valence-electron chi connectivity index (χ4n) is 2.49. The van der Waals surface area contributed by atoms with E-state index >= 15 is 0 Å². The molecule has 0 spiro atoms. The van der Waals surface area contributed by atoms with Gasteiger partial charge in [0.1, 0.15) is 0 Å². The molecule has 0 heterocycles. The number of allylic oxidation sites excluding steroid dienone is 1. The van der Waals surface area contributed by atoms with Crippen molar-refractivity contribution in [1.29, 1.82) is 0 Å². The zero-order chi connectivity index (χ0) is 18.4. The van der Waals surface area contributed by atoms with Crippen LogP contribution in [-0.2, 0) is 4.79 Å². The zero-order valence-corrected chi connectivity index (χ0v) is 15.6. The van der Waals surface area contributed by atoms with Crippen molar-refractivity contribution in [2.75, 3.05) is 19.0 Å². The number of carbonyl (C=O) groups excluding carboxylic acids is 1. The Morgan fingerprint density at radius 1 is 1.20 bits per heavy atom. The molecule has 0 radical (unpaired) electrons. The van der Waals surface area contributed by atoms with Gasteiger partial charge in [-0.1, -0.05) is 35.9 Å². The van der Waals surface area contributed by atoms with E-state index in [-0.39, 0.29) is 12.5 Å². The second-order valence-electron chi connectivity index (χ2n) is 5.69. The van der Waals surface area contributed by atoms with E-state index in [0.717, 1.165) is 16.7 Å². The summed E-state index contributed by atoms with van der Waals surface area (Å²) in [5.74, 6) is 0.805. The molecule has 2 aromatic carbocycles. The number of amides is 1. The van der Waals surface area contributed by atoms with Crippen LogP contribution in [0.2, 0.25) is 5.02 Å². The van der Waals surface area contributed by atoms with Crippen molar-refractivity contribution < 1.29 is 14.3 Å². The average Bonchev–Trinajstić information content (AvgIpc) is 2.57. The second kappa shape index (κ2) is 8.58. The van der Waals surface area contributed by atoms with Crippen molar-refractivity contribution >= 4 is 29.3 Å². The first kappa shape index (κ1) is 18.9. The van der Waals surface area contributed by atoms with Crippen LogP contribution in [0.1, 0.15) is 23.6 Å². The van der Waals surface area contributed by atoms with Gasteiger partial charge >= 0.3 is 0 Å². The number of carbonyl (C=O) groups is 1. The summed E-state index contributed by atoms with van der Waals surface area (Å²) in [6.07, 6.45) is 3.90. The molecule has 5 heteroatoms. The second-order valence-corrected chi connectivity index (χ2v) is 6.09. The van der Waals surface area contributed by atoms with E-state index in [1.165, 1.54) is 0 Å². The third-order valence-corrected chi connectivity index (χ3v) is 3.90. The fraction of sp³-hybridized carbons (Fsp3) is 0.250. The molecule has 0 unspecified atom stereocenters. The van der Waals surface area contributed by atoms with Gasteiger partial charge in [0.05, 0.1) is 17.8 Å². The molecule has 4 nitrogen and oxygen atoms in total. The standard InChI is InChI=1S/C20H22ClNO3/c1-5-6-15-7-8-17(18(11-15)24-4)25-12-19(23)22-20-14(3)9-13(2)10-16(20)21/h5-11H,12H2,1-4H3,(H,22,23)/b6-5+. The molecule has 0 saturated carbocycles. The smallest absolute Gasteiger partial charge is 0.262 e. The maximum absolute atomic E-state index is 12.2. The molecule has 0 aromatic heterocycles. The Bertz CT molecular complexity index is 777. The number of rotatable bonds is 6. The Labute approximate surface area is 153 Å². The highest BCUT2D eigenvalue weighted by molar-refractivity contribution is 6.34. The van der Waals surface area contributed by atoms with Crippen LogP contribution in [0.15, 0.2) is 36.4 Å². The summed E-state index contributed by atoms with van der Waals surface area (Å²) in [7, 11) is 1.57. The average molecular weight is 360 g/mol. The summed E-state index contributed by atoms with van der Waals surface area (Å²) in [4.78, 5) is 12.2. The van der Waals surface area contributed by atoms with E-state index in [9.17, 15) is 4.79 Å². The zero-order valence-electron chi connectivity index (χ0n) is 14.9. The largest absolute Gasteiger partial charge is 0.493 e. The quantitative estimate of drug-likeness (QED) is 0.788. The molecule has 0 aliphatic carbocycles. The lowest BCUT2D eigenvalue weighted by atomic mass is 10.1. The van der Waals surface area contributed by atoms with Gasteiger partial charge in [0.2, 0.25) is 0 Å². The lowest BCUT2D eigenvalue weighted by Crippen LogP contribution is -2.21. The molecular weight excluding hydrogens is 338 g/mol. The summed E-state index contributed by atoms with van der Waals surface area (Å²) < 4.78 is 10.9. The van der Waals surface area contributed by atoms with E-state index in [4.69, 9.17) is 21.1 Å². The van der Waals surface area contributed by atoms with Crippen molar-refractivity contribution in [3.05, 3.63) is 58.1 Å². The summed E-state index contributed by atoms with van der Waals surface area (Å²) in [5, 5.41) is 3.31. The van der Waals surface area contributed by atoms with Gasteiger partial charge < -0.3 is 14.8 Å². The van der Waals surface area contributed by atoms with Crippen molar-refractivity contribution in [2.24, 2.45) is 0 Å². The SMILES string of the molecule is C/C=C/c1ccc(OCC(=O)Nc2c(C)cc(C)cc2Cl)c(OC)c1. The highest BCUT2D eigenvalue weighted by Gasteiger charge is 2.12. The predicted octanol–water partition coefficient (Wildman–Crippen LogP) is 5.02. The van der Waals surface area contributed by atoms with E-state index in [0.29, 0.717) is 22.2 Å². The molecule has 132 valence electrons. The number of benzene rings is 2. The van der Waals surface area contributed by atoms with Gasteiger partial charge in [-0.2, -0.15) is 0 Å². The van der Waals surface area contributed by atoms with Gasteiger partial charge in [-0.05, 0) is 55.7 Å². The maximum Gasteiger partial charge on any atom is 0.262 e. The molecule has 0 atom stereocenters. The predicted molar refractivity (Wildman–Crippen MR) is 103 cm³/mol. The van der Waals surface area contributed by atoms with Crippen molar-refractivity contribution in [1.82, 2.24) is 0 Å². The molecule has 0 aliphatic heterocycles. The van der Waals surface area contributed by atoms with Crippen molar-refractivity contribution in [3.63, 3.8) is 0 Å². The van der Waals surface area contributed by atoms with E-state index in [1.54, 1.807) is 13.2 Å². The Kier molecular flexibility index (Phi) is 6.48. The first-order chi connectivity index (χ1) is 11.9. The lowest BCUT2D eigenvalue weighted by molar-refractivity contribution is -0.118. The summed E-state index contributed by atoms with van der Waals surface area (Å²) in [6, 6.07) is 9.32. The number of hydrogen-bond donors (Lipinski definition) is 1. The summed E-state index contributed by atoms with van der Waals surface area (Å²) in [5.41, 5.74) is 3.56. The first-order valence-corrected chi connectivity index (χ1v) is 8.32. The molecule has 0 aliphatic rings. The van der Waals surface area contributed by atoms with Gasteiger partial charge in [-0.15, -0.1) is 0 Å². The van der Waals surface area contributed by atoms with Gasteiger partial charge in [-0.25, -0.2) is 0 Å². The van der Waals surface area contributed by atoms with E-state index < -0.39 is 0 Å². The van der Waals surface area contributed by atoms with Crippen LogP contribution in [0, 0.1) is 13.8 Å². The monoisotopic (exact) mass is 359 g/mol. The van der Waals surface area contributed by atoms with Crippen LogP contribution < -0.4 is 14.8 Å². The number of halogens is 1. The maximum atomic E-state index is 12.2. The molecule has 2 rings (SSSR count). The highest BCUT2D eigenvalue weighted by Crippen LogP contribution is 2.29. The topological polar surface area (TPSA) is 47.6 Å². The number of nitrogens with one attached hydrogen (secondary N) is 1. The Morgan fingerprint density at radius 2 is 1.96 bits per heavy atom. The molecule has 25 heavy (non-hydrogen) atoms. The van der Waals surface area contributed by atoms with Crippen LogP contribution in [0.3, 0.4) is 0 Å². The van der Waals surface area contributed by atoms with Gasteiger partial charge in [0, 0.05) is 0 Å². The summed E-state index contributed by atoms with van der Waals surface area (Å²) in [6.45, 7) is 5.66. The van der Waals surface area contributed by atoms with Gasteiger partial charge in [0.15, 0.2) is 18.1 Å². The molecule has 0 fully saturated rings. The fourth-order valence-corrected chi connectivity index (χ4v) is 2.86. The minimum Gasteiger partial charge on any atom is -0.493 e. The van der Waals surface area contributed by atoms with Crippen LogP contribution in [-0.4, -0.2) is 19.6 Å². The number of anilines is 1. The normalized spacial score (nSPS) is 10.8. The third-order valence-electron chi connectivity index (χ3n) is 3.60. The van der Waals surface area contributed by atoms with E-state index in [2.05, 4.69) is 5.32 Å². The van der Waals surface area contributed by atoms with Gasteiger partial charge in [0.25, 0.3) is 5.91 Å². The highest BCUT2D eigenvalue weighted by atomic mass is 35.5. The van der Waals surface area contributed by atoms with Gasteiger partial charge in [-0.3, -0.25) is 4.79 Å². The molecular formula is C20H22ClNO3. The van der Waals surface area contributed by atoms with Crippen LogP contribution in [0.5, 0.6) is 11.5 Å². The molecule has 0 bridgehead atoms. The number of aryl methyl sites for hydroxylation is 2. The molecule has 1 N–H and O–H groups in total. The van der Waals surface area contributed by atoms with E-state index in [1.807, 2.05) is 57.2 Å². The Balaban J connectivity index is 2.05. The first-order valence-electron chi connectivity index (χ1n) is 7.94. The molecule has 1 amide bonds. The molecule has 0 saturated heterocycles. The van der Waals surface area contributed by atoms with Crippen molar-refractivity contribution in [2.45, 2.75) is 20.8 Å².